The number of para-hydroxylation sites is 2. The Kier molecular flexibility index (Phi) is 3.75. The third kappa shape index (κ3) is 2.56. The van der Waals surface area contributed by atoms with Gasteiger partial charge in [0.15, 0.2) is 0 Å². The van der Waals surface area contributed by atoms with Gasteiger partial charge in [-0.05, 0) is 25.0 Å². The average molecular weight is 327 g/mol. The molecule has 1 aliphatic carbocycles. The van der Waals surface area contributed by atoms with Crippen LogP contribution in [0.3, 0.4) is 0 Å². The lowest BCUT2D eigenvalue weighted by molar-refractivity contribution is -0.130. The number of hydrogen-bond acceptors (Lipinski definition) is 3. The fraction of sp³-hybridized carbons (Fsp3) is 0.500. The smallest absolute Gasteiger partial charge is 0.244 e. The quantitative estimate of drug-likeness (QED) is 0.900. The van der Waals surface area contributed by atoms with Gasteiger partial charge in [0.25, 0.3) is 0 Å². The van der Waals surface area contributed by atoms with Crippen LogP contribution in [0.2, 0.25) is 0 Å². The van der Waals surface area contributed by atoms with E-state index in [0.717, 1.165) is 25.7 Å². The third-order valence-electron chi connectivity index (χ3n) is 5.31. The molecule has 1 unspecified atom stereocenters. The summed E-state index contributed by atoms with van der Waals surface area (Å²) in [4.78, 5) is 40.7. The topological polar surface area (TPSA) is 69.7 Å². The fourth-order valence-corrected chi connectivity index (χ4v) is 4.12. The van der Waals surface area contributed by atoms with Crippen LogP contribution in [-0.2, 0) is 14.4 Å². The van der Waals surface area contributed by atoms with E-state index in [0.29, 0.717) is 24.0 Å². The number of likely N-dealkylation sites (tertiary alicyclic amines) is 1. The molecule has 6 heteroatoms. The summed E-state index contributed by atoms with van der Waals surface area (Å²) in [5, 5.41) is 2.79. The number of benzene rings is 1. The molecule has 1 aromatic rings. The minimum Gasteiger partial charge on any atom is -0.339 e. The number of carbonyl (C=O) groups excluding carboxylic acids is 3. The van der Waals surface area contributed by atoms with E-state index in [2.05, 4.69) is 5.32 Å². The van der Waals surface area contributed by atoms with Crippen molar-refractivity contribution in [2.45, 2.75) is 38.1 Å². The SMILES string of the molecule is O=C1CN(C(=O)C2CC(=O)N(C3CCCC3)C2)c2ccccc2N1. The second kappa shape index (κ2) is 5.92. The van der Waals surface area contributed by atoms with Gasteiger partial charge in [-0.1, -0.05) is 25.0 Å². The molecule has 0 aromatic heterocycles. The second-order valence-electron chi connectivity index (χ2n) is 6.88. The molecule has 1 atom stereocenters. The van der Waals surface area contributed by atoms with Gasteiger partial charge in [0.2, 0.25) is 17.7 Å². The first-order valence-corrected chi connectivity index (χ1v) is 8.63. The van der Waals surface area contributed by atoms with Crippen LogP contribution in [0, 0.1) is 5.92 Å². The van der Waals surface area contributed by atoms with Crippen molar-refractivity contribution in [1.82, 2.24) is 4.90 Å². The van der Waals surface area contributed by atoms with Crippen LogP contribution < -0.4 is 10.2 Å². The van der Waals surface area contributed by atoms with E-state index in [1.807, 2.05) is 23.1 Å². The number of rotatable bonds is 2. The van der Waals surface area contributed by atoms with E-state index >= 15 is 0 Å². The molecular weight excluding hydrogens is 306 g/mol. The lowest BCUT2D eigenvalue weighted by Gasteiger charge is -2.31. The van der Waals surface area contributed by atoms with Gasteiger partial charge in [-0.15, -0.1) is 0 Å². The Balaban J connectivity index is 1.54. The monoisotopic (exact) mass is 327 g/mol. The van der Waals surface area contributed by atoms with Crippen molar-refractivity contribution in [3.05, 3.63) is 24.3 Å². The largest absolute Gasteiger partial charge is 0.339 e. The number of nitrogens with one attached hydrogen (secondary N) is 1. The molecule has 0 bridgehead atoms. The van der Waals surface area contributed by atoms with Gasteiger partial charge in [-0.2, -0.15) is 0 Å². The van der Waals surface area contributed by atoms with Gasteiger partial charge in [0, 0.05) is 19.0 Å². The van der Waals surface area contributed by atoms with Crippen molar-refractivity contribution in [3.63, 3.8) is 0 Å². The minimum absolute atomic E-state index is 0.0178. The maximum absolute atomic E-state index is 13.0. The maximum Gasteiger partial charge on any atom is 0.244 e. The molecule has 126 valence electrons. The summed E-state index contributed by atoms with van der Waals surface area (Å²) in [6, 6.07) is 7.59. The van der Waals surface area contributed by atoms with Gasteiger partial charge in [-0.3, -0.25) is 14.4 Å². The molecule has 2 heterocycles. The van der Waals surface area contributed by atoms with E-state index in [4.69, 9.17) is 0 Å². The maximum atomic E-state index is 13.0. The van der Waals surface area contributed by atoms with Crippen molar-refractivity contribution in [3.8, 4) is 0 Å². The van der Waals surface area contributed by atoms with E-state index in [9.17, 15) is 14.4 Å². The van der Waals surface area contributed by atoms with Crippen LogP contribution >= 0.6 is 0 Å². The van der Waals surface area contributed by atoms with Crippen LogP contribution in [-0.4, -0.2) is 41.8 Å². The van der Waals surface area contributed by atoms with Gasteiger partial charge in [-0.25, -0.2) is 0 Å². The van der Waals surface area contributed by atoms with E-state index in [-0.39, 0.29) is 36.6 Å². The number of amides is 3. The lowest BCUT2D eigenvalue weighted by Crippen LogP contribution is -2.45. The molecule has 1 N–H and O–H groups in total. The summed E-state index contributed by atoms with van der Waals surface area (Å²) in [7, 11) is 0. The Morgan fingerprint density at radius 2 is 1.88 bits per heavy atom. The highest BCUT2D eigenvalue weighted by Gasteiger charge is 2.41. The number of carbonyl (C=O) groups is 3. The molecule has 0 radical (unpaired) electrons. The predicted molar refractivity (Wildman–Crippen MR) is 89.5 cm³/mol. The molecule has 2 aliphatic heterocycles. The second-order valence-corrected chi connectivity index (χ2v) is 6.88. The molecule has 3 aliphatic rings. The first kappa shape index (κ1) is 15.2. The third-order valence-corrected chi connectivity index (χ3v) is 5.31. The van der Waals surface area contributed by atoms with Crippen molar-refractivity contribution in [2.75, 3.05) is 23.3 Å². The van der Waals surface area contributed by atoms with Crippen LogP contribution in [0.5, 0.6) is 0 Å². The first-order chi connectivity index (χ1) is 11.6. The molecule has 4 rings (SSSR count). The standard InChI is InChI=1S/C18H21N3O3/c22-16-11-21(15-8-4-3-7-14(15)19-16)18(24)12-9-17(23)20(10-12)13-5-1-2-6-13/h3-4,7-8,12-13H,1-2,5-6,9-11H2,(H,19,22). The summed E-state index contributed by atoms with van der Waals surface area (Å²) >= 11 is 0. The summed E-state index contributed by atoms with van der Waals surface area (Å²) in [5.74, 6) is -0.586. The Labute approximate surface area is 140 Å². The van der Waals surface area contributed by atoms with Crippen molar-refractivity contribution in [2.24, 2.45) is 5.92 Å². The summed E-state index contributed by atoms with van der Waals surface area (Å²) in [5.41, 5.74) is 1.37. The fourth-order valence-electron chi connectivity index (χ4n) is 4.12. The molecule has 1 saturated carbocycles. The van der Waals surface area contributed by atoms with Gasteiger partial charge in [0.1, 0.15) is 6.54 Å². The minimum atomic E-state index is -0.350. The highest BCUT2D eigenvalue weighted by Crippen LogP contribution is 2.34. The number of fused-ring (bicyclic) bond motifs is 1. The molecule has 24 heavy (non-hydrogen) atoms. The van der Waals surface area contributed by atoms with E-state index in [1.54, 1.807) is 6.07 Å². The van der Waals surface area contributed by atoms with E-state index < -0.39 is 0 Å². The van der Waals surface area contributed by atoms with Gasteiger partial charge >= 0.3 is 0 Å². The summed E-state index contributed by atoms with van der Waals surface area (Å²) in [6.45, 7) is 0.507. The van der Waals surface area contributed by atoms with Crippen LogP contribution in [0.1, 0.15) is 32.1 Å². The number of anilines is 2. The van der Waals surface area contributed by atoms with Crippen molar-refractivity contribution >= 4 is 29.1 Å². The Bertz CT molecular complexity index is 697. The van der Waals surface area contributed by atoms with Crippen molar-refractivity contribution in [1.29, 1.82) is 0 Å². The highest BCUT2D eigenvalue weighted by atomic mass is 16.2. The van der Waals surface area contributed by atoms with Crippen LogP contribution in [0.15, 0.2) is 24.3 Å². The molecule has 2 fully saturated rings. The Morgan fingerprint density at radius 1 is 1.12 bits per heavy atom. The average Bonchev–Trinajstić information content (AvgIpc) is 3.22. The predicted octanol–water partition coefficient (Wildman–Crippen LogP) is 1.76. The highest BCUT2D eigenvalue weighted by molar-refractivity contribution is 6.11. The lowest BCUT2D eigenvalue weighted by atomic mass is 10.1. The van der Waals surface area contributed by atoms with Crippen LogP contribution in [0.4, 0.5) is 11.4 Å². The zero-order chi connectivity index (χ0) is 16.7. The van der Waals surface area contributed by atoms with Gasteiger partial charge in [0.05, 0.1) is 17.3 Å². The molecule has 6 nitrogen and oxygen atoms in total. The van der Waals surface area contributed by atoms with Crippen molar-refractivity contribution < 1.29 is 14.4 Å². The van der Waals surface area contributed by atoms with Crippen LogP contribution in [0.25, 0.3) is 0 Å². The molecular formula is C18H21N3O3. The number of nitrogens with zero attached hydrogens (tertiary/aromatic N) is 2. The zero-order valence-electron chi connectivity index (χ0n) is 13.5. The zero-order valence-corrected chi connectivity index (χ0v) is 13.5. The first-order valence-electron chi connectivity index (χ1n) is 8.63. The van der Waals surface area contributed by atoms with E-state index in [1.165, 1.54) is 4.90 Å². The molecule has 0 spiro atoms. The summed E-state index contributed by atoms with van der Waals surface area (Å²) < 4.78 is 0. The summed E-state index contributed by atoms with van der Waals surface area (Å²) in [6.07, 6.45) is 4.66. The van der Waals surface area contributed by atoms with Gasteiger partial charge < -0.3 is 15.1 Å². The Hall–Kier alpha value is -2.37. The normalized spacial score (nSPS) is 24.2. The molecule has 1 saturated heterocycles. The Morgan fingerprint density at radius 3 is 2.67 bits per heavy atom. The molecule has 3 amide bonds. The molecule has 1 aromatic carbocycles. The number of hydrogen-bond donors (Lipinski definition) is 1.